The van der Waals surface area contributed by atoms with Gasteiger partial charge in [-0.15, -0.1) is 24.8 Å². The minimum absolute atomic E-state index is 0. The van der Waals surface area contributed by atoms with Crippen LogP contribution in [0.25, 0.3) is 0 Å². The van der Waals surface area contributed by atoms with Crippen molar-refractivity contribution in [1.82, 2.24) is 19.6 Å². The molecule has 2 aromatic heterocycles. The minimum atomic E-state index is -3.26. The SMILES string of the molecule is CS(=O)(=O)NCc1cncc2c1CCN(C(=O)c1cccnc1)C2.Cl.Cl. The van der Waals surface area contributed by atoms with Crippen LogP contribution in [0.2, 0.25) is 0 Å². The number of hydrogen-bond acceptors (Lipinski definition) is 5. The molecule has 0 radical (unpaired) electrons. The minimum Gasteiger partial charge on any atom is -0.334 e. The van der Waals surface area contributed by atoms with Crippen molar-refractivity contribution in [2.75, 3.05) is 12.8 Å². The molecule has 2 aromatic rings. The average Bonchev–Trinajstić information content (AvgIpc) is 2.59. The second-order valence-corrected chi connectivity index (χ2v) is 7.58. The molecule has 26 heavy (non-hydrogen) atoms. The fourth-order valence-electron chi connectivity index (χ4n) is 2.77. The summed E-state index contributed by atoms with van der Waals surface area (Å²) in [5, 5.41) is 0. The van der Waals surface area contributed by atoms with E-state index in [9.17, 15) is 13.2 Å². The Balaban J connectivity index is 0.00000169. The van der Waals surface area contributed by atoms with Gasteiger partial charge in [-0.2, -0.15) is 0 Å². The number of pyridine rings is 2. The van der Waals surface area contributed by atoms with Crippen LogP contribution in [0, 0.1) is 0 Å². The van der Waals surface area contributed by atoms with E-state index in [0.717, 1.165) is 22.9 Å². The number of amides is 1. The third kappa shape index (κ3) is 5.38. The first kappa shape index (κ1) is 22.3. The summed E-state index contributed by atoms with van der Waals surface area (Å²) in [6.07, 6.45) is 8.40. The van der Waals surface area contributed by atoms with Gasteiger partial charge in [-0.3, -0.25) is 14.8 Å². The molecule has 0 unspecified atom stereocenters. The molecule has 1 aliphatic rings. The highest BCUT2D eigenvalue weighted by atomic mass is 35.5. The largest absolute Gasteiger partial charge is 0.334 e. The van der Waals surface area contributed by atoms with Gasteiger partial charge in [-0.25, -0.2) is 13.1 Å². The molecule has 0 spiro atoms. The molecule has 0 aromatic carbocycles. The van der Waals surface area contributed by atoms with Gasteiger partial charge in [0.1, 0.15) is 0 Å². The third-order valence-electron chi connectivity index (χ3n) is 3.95. The molecule has 0 saturated carbocycles. The van der Waals surface area contributed by atoms with Crippen molar-refractivity contribution in [1.29, 1.82) is 0 Å². The normalized spacial score (nSPS) is 13.2. The Morgan fingerprint density at radius 2 is 2.00 bits per heavy atom. The van der Waals surface area contributed by atoms with Gasteiger partial charge in [-0.05, 0) is 35.2 Å². The number of nitrogens with zero attached hydrogens (tertiary/aromatic N) is 3. The standard InChI is InChI=1S/C16H18N4O3S.2ClH/c1-24(22,23)19-10-13-8-18-9-14-11-20(6-4-15(13)14)16(21)12-3-2-5-17-7-12;;/h2-3,5,7-9,19H,4,6,10-11H2,1H3;2*1H. The van der Waals surface area contributed by atoms with E-state index in [2.05, 4.69) is 14.7 Å². The molecule has 142 valence electrons. The van der Waals surface area contributed by atoms with Crippen molar-refractivity contribution >= 4 is 40.7 Å². The van der Waals surface area contributed by atoms with Gasteiger partial charge in [0.25, 0.3) is 5.91 Å². The van der Waals surface area contributed by atoms with E-state index < -0.39 is 10.0 Å². The first-order chi connectivity index (χ1) is 11.4. The summed E-state index contributed by atoms with van der Waals surface area (Å²) in [6, 6.07) is 3.48. The average molecular weight is 419 g/mol. The van der Waals surface area contributed by atoms with Crippen LogP contribution in [0.5, 0.6) is 0 Å². The van der Waals surface area contributed by atoms with Gasteiger partial charge in [-0.1, -0.05) is 0 Å². The lowest BCUT2D eigenvalue weighted by molar-refractivity contribution is 0.0733. The second-order valence-electron chi connectivity index (χ2n) is 5.75. The molecule has 0 saturated heterocycles. The number of halogens is 2. The van der Waals surface area contributed by atoms with Gasteiger partial charge >= 0.3 is 0 Å². The highest BCUT2D eigenvalue weighted by Crippen LogP contribution is 2.23. The molecule has 0 atom stereocenters. The number of carbonyl (C=O) groups excluding carboxylic acids is 1. The molecule has 3 rings (SSSR count). The fraction of sp³-hybridized carbons (Fsp3) is 0.312. The van der Waals surface area contributed by atoms with Crippen molar-refractivity contribution in [3.63, 3.8) is 0 Å². The van der Waals surface area contributed by atoms with Crippen molar-refractivity contribution in [3.8, 4) is 0 Å². The zero-order valence-electron chi connectivity index (χ0n) is 14.1. The van der Waals surface area contributed by atoms with Crippen LogP contribution in [0.3, 0.4) is 0 Å². The molecule has 3 heterocycles. The quantitative estimate of drug-likeness (QED) is 0.812. The third-order valence-corrected chi connectivity index (χ3v) is 4.62. The molecule has 10 heteroatoms. The van der Waals surface area contributed by atoms with Crippen LogP contribution in [-0.4, -0.2) is 42.0 Å². The zero-order valence-corrected chi connectivity index (χ0v) is 16.5. The molecule has 0 fully saturated rings. The summed E-state index contributed by atoms with van der Waals surface area (Å²) in [4.78, 5) is 22.4. The van der Waals surface area contributed by atoms with Gasteiger partial charge in [0, 0.05) is 44.4 Å². The molecular weight excluding hydrogens is 399 g/mol. The summed E-state index contributed by atoms with van der Waals surface area (Å²) in [6.45, 7) is 1.25. The first-order valence-corrected chi connectivity index (χ1v) is 9.42. The van der Waals surface area contributed by atoms with E-state index in [-0.39, 0.29) is 37.3 Å². The number of carbonyl (C=O) groups is 1. The number of rotatable bonds is 4. The van der Waals surface area contributed by atoms with E-state index in [1.165, 1.54) is 0 Å². The second kappa shape index (κ2) is 9.27. The van der Waals surface area contributed by atoms with Crippen molar-refractivity contribution < 1.29 is 13.2 Å². The van der Waals surface area contributed by atoms with Crippen LogP contribution in [0.4, 0.5) is 0 Å². The Labute approximate surface area is 165 Å². The highest BCUT2D eigenvalue weighted by molar-refractivity contribution is 7.88. The maximum atomic E-state index is 12.5. The predicted octanol–water partition coefficient (Wildman–Crippen LogP) is 1.57. The van der Waals surface area contributed by atoms with Gasteiger partial charge in [0.2, 0.25) is 10.0 Å². The maximum Gasteiger partial charge on any atom is 0.255 e. The van der Waals surface area contributed by atoms with Crippen LogP contribution >= 0.6 is 24.8 Å². The van der Waals surface area contributed by atoms with Crippen LogP contribution in [0.15, 0.2) is 36.9 Å². The van der Waals surface area contributed by atoms with E-state index in [4.69, 9.17) is 0 Å². The Hall–Kier alpha value is -1.74. The molecule has 0 aliphatic carbocycles. The van der Waals surface area contributed by atoms with E-state index in [1.807, 2.05) is 0 Å². The number of sulfonamides is 1. The molecule has 1 N–H and O–H groups in total. The highest BCUT2D eigenvalue weighted by Gasteiger charge is 2.24. The molecule has 1 amide bonds. The number of fused-ring (bicyclic) bond motifs is 1. The summed E-state index contributed by atoms with van der Waals surface area (Å²) in [5.74, 6) is -0.0617. The summed E-state index contributed by atoms with van der Waals surface area (Å²) >= 11 is 0. The number of hydrogen-bond donors (Lipinski definition) is 1. The lowest BCUT2D eigenvalue weighted by atomic mass is 9.97. The molecule has 7 nitrogen and oxygen atoms in total. The topological polar surface area (TPSA) is 92.3 Å². The van der Waals surface area contributed by atoms with Gasteiger partial charge < -0.3 is 4.90 Å². The first-order valence-electron chi connectivity index (χ1n) is 7.52. The van der Waals surface area contributed by atoms with Crippen LogP contribution in [-0.2, 0) is 29.5 Å². The fourth-order valence-corrected chi connectivity index (χ4v) is 3.19. The summed E-state index contributed by atoms with van der Waals surface area (Å²) < 4.78 is 25.1. The molecule has 1 aliphatic heterocycles. The van der Waals surface area contributed by atoms with E-state index in [0.29, 0.717) is 25.1 Å². The molecule has 0 bridgehead atoms. The lowest BCUT2D eigenvalue weighted by Gasteiger charge is -2.30. The smallest absolute Gasteiger partial charge is 0.255 e. The Kier molecular flexibility index (Phi) is 7.95. The lowest BCUT2D eigenvalue weighted by Crippen LogP contribution is -2.36. The Morgan fingerprint density at radius 1 is 1.23 bits per heavy atom. The van der Waals surface area contributed by atoms with E-state index in [1.54, 1.807) is 41.8 Å². The van der Waals surface area contributed by atoms with Crippen molar-refractivity contribution in [3.05, 3.63) is 59.2 Å². The summed E-state index contributed by atoms with van der Waals surface area (Å²) in [7, 11) is -3.26. The van der Waals surface area contributed by atoms with Crippen LogP contribution < -0.4 is 4.72 Å². The van der Waals surface area contributed by atoms with Crippen molar-refractivity contribution in [2.45, 2.75) is 19.5 Å². The Bertz CT molecular complexity index is 863. The van der Waals surface area contributed by atoms with Crippen LogP contribution in [0.1, 0.15) is 27.0 Å². The number of nitrogens with one attached hydrogen (secondary N) is 1. The maximum absolute atomic E-state index is 12.5. The zero-order chi connectivity index (χ0) is 17.2. The predicted molar refractivity (Wildman–Crippen MR) is 103 cm³/mol. The van der Waals surface area contributed by atoms with Crippen molar-refractivity contribution in [2.24, 2.45) is 0 Å². The molecular formula is C16H20Cl2N4O3S. The summed E-state index contributed by atoms with van der Waals surface area (Å²) in [5.41, 5.74) is 3.43. The van der Waals surface area contributed by atoms with Gasteiger partial charge in [0.05, 0.1) is 11.8 Å². The van der Waals surface area contributed by atoms with E-state index >= 15 is 0 Å². The monoisotopic (exact) mass is 418 g/mol. The number of aromatic nitrogens is 2. The van der Waals surface area contributed by atoms with Gasteiger partial charge in [0.15, 0.2) is 0 Å². The Morgan fingerprint density at radius 3 is 2.65 bits per heavy atom.